The number of anilines is 1. The smallest absolute Gasteiger partial charge is 0.293 e. The minimum absolute atomic E-state index is 0.146. The summed E-state index contributed by atoms with van der Waals surface area (Å²) in [6.07, 6.45) is 0. The molecule has 0 saturated heterocycles. The van der Waals surface area contributed by atoms with Gasteiger partial charge in [0.05, 0.1) is 10.7 Å². The lowest BCUT2D eigenvalue weighted by Gasteiger charge is -2.09. The van der Waals surface area contributed by atoms with Gasteiger partial charge in [0.2, 0.25) is 0 Å². The van der Waals surface area contributed by atoms with Crippen molar-refractivity contribution in [2.45, 2.75) is 13.8 Å². The first kappa shape index (κ1) is 18.2. The van der Waals surface area contributed by atoms with Gasteiger partial charge in [-0.25, -0.2) is 0 Å². The molecule has 0 saturated carbocycles. The lowest BCUT2D eigenvalue weighted by Crippen LogP contribution is -2.33. The van der Waals surface area contributed by atoms with E-state index in [1.807, 2.05) is 44.2 Å². The van der Waals surface area contributed by atoms with Gasteiger partial charge in [-0.15, -0.1) is 0 Å². The van der Waals surface area contributed by atoms with Crippen molar-refractivity contribution in [2.75, 3.05) is 5.32 Å². The summed E-state index contributed by atoms with van der Waals surface area (Å²) in [5.74, 6) is 0.384. The van der Waals surface area contributed by atoms with E-state index in [1.165, 1.54) is 5.56 Å². The Morgan fingerprint density at radius 1 is 1.04 bits per heavy atom. The number of nitrogens with one attached hydrogen (secondary N) is 2. The summed E-state index contributed by atoms with van der Waals surface area (Å²) >= 11 is 11.2. The molecule has 2 N–H and O–H groups in total. The summed E-state index contributed by atoms with van der Waals surface area (Å²) in [7, 11) is 0. The normalized spacial score (nSPS) is 10.4. The van der Waals surface area contributed by atoms with E-state index in [0.717, 1.165) is 11.1 Å². The zero-order valence-corrected chi connectivity index (χ0v) is 15.9. The van der Waals surface area contributed by atoms with Crippen molar-refractivity contribution >= 4 is 40.5 Å². The quantitative estimate of drug-likeness (QED) is 0.598. The minimum atomic E-state index is -0.426. The van der Waals surface area contributed by atoms with Gasteiger partial charge < -0.3 is 9.73 Å². The second-order valence-electron chi connectivity index (χ2n) is 5.85. The van der Waals surface area contributed by atoms with Gasteiger partial charge in [0.25, 0.3) is 5.91 Å². The summed E-state index contributed by atoms with van der Waals surface area (Å²) in [5.41, 5.74) is 3.91. The molecule has 0 fully saturated rings. The Balaban J connectivity index is 1.69. The van der Waals surface area contributed by atoms with Gasteiger partial charge in [-0.3, -0.25) is 10.1 Å². The maximum absolute atomic E-state index is 12.3. The van der Waals surface area contributed by atoms with Crippen LogP contribution in [0.4, 0.5) is 5.69 Å². The molecule has 1 heterocycles. The van der Waals surface area contributed by atoms with Crippen LogP contribution in [0.2, 0.25) is 5.02 Å². The van der Waals surface area contributed by atoms with E-state index in [9.17, 15) is 4.79 Å². The Morgan fingerprint density at radius 2 is 1.81 bits per heavy atom. The maximum Gasteiger partial charge on any atom is 0.293 e. The number of aryl methyl sites for hydroxylation is 2. The first-order valence-corrected chi connectivity index (χ1v) is 8.77. The lowest BCUT2D eigenvalue weighted by molar-refractivity contribution is 0.0951. The molecule has 0 aliphatic carbocycles. The zero-order valence-electron chi connectivity index (χ0n) is 14.3. The van der Waals surface area contributed by atoms with Gasteiger partial charge in [0, 0.05) is 5.56 Å². The average Bonchev–Trinajstić information content (AvgIpc) is 3.09. The van der Waals surface area contributed by atoms with Crippen LogP contribution in [-0.4, -0.2) is 11.0 Å². The van der Waals surface area contributed by atoms with E-state index in [0.29, 0.717) is 16.5 Å². The zero-order chi connectivity index (χ0) is 18.7. The number of hydrogen-bond acceptors (Lipinski definition) is 3. The summed E-state index contributed by atoms with van der Waals surface area (Å²) in [5, 5.41) is 6.13. The van der Waals surface area contributed by atoms with E-state index in [4.69, 9.17) is 28.2 Å². The molecule has 26 heavy (non-hydrogen) atoms. The molecule has 0 atom stereocenters. The minimum Gasteiger partial charge on any atom is -0.451 e. The van der Waals surface area contributed by atoms with Crippen LogP contribution in [0.1, 0.15) is 21.7 Å². The molecule has 0 spiro atoms. The molecule has 0 unspecified atom stereocenters. The second kappa shape index (κ2) is 7.72. The fourth-order valence-electron chi connectivity index (χ4n) is 2.39. The van der Waals surface area contributed by atoms with E-state index in [1.54, 1.807) is 24.3 Å². The highest BCUT2D eigenvalue weighted by atomic mass is 35.5. The van der Waals surface area contributed by atoms with E-state index >= 15 is 0 Å². The van der Waals surface area contributed by atoms with Crippen LogP contribution in [0.25, 0.3) is 11.3 Å². The lowest BCUT2D eigenvalue weighted by atomic mass is 10.1. The molecule has 6 heteroatoms. The Hall–Kier alpha value is -2.63. The third-order valence-corrected chi connectivity index (χ3v) is 4.50. The van der Waals surface area contributed by atoms with Gasteiger partial charge in [-0.1, -0.05) is 35.9 Å². The van der Waals surface area contributed by atoms with Gasteiger partial charge in [0.15, 0.2) is 10.9 Å². The molecule has 0 aliphatic heterocycles. The third kappa shape index (κ3) is 4.12. The van der Waals surface area contributed by atoms with Crippen LogP contribution in [0, 0.1) is 13.8 Å². The molecule has 0 bridgehead atoms. The molecule has 4 nitrogen and oxygen atoms in total. The highest BCUT2D eigenvalue weighted by molar-refractivity contribution is 7.80. The fraction of sp³-hybridized carbons (Fsp3) is 0.100. The number of furan rings is 1. The molecule has 1 aromatic heterocycles. The molecule has 1 amide bonds. The average molecular weight is 385 g/mol. The number of para-hydroxylation sites is 1. The molecule has 0 radical (unpaired) electrons. The van der Waals surface area contributed by atoms with Crippen LogP contribution < -0.4 is 10.6 Å². The van der Waals surface area contributed by atoms with Gasteiger partial charge in [-0.05, 0) is 67.5 Å². The first-order chi connectivity index (χ1) is 12.4. The molecule has 3 aromatic rings. The van der Waals surface area contributed by atoms with E-state index in [-0.39, 0.29) is 10.9 Å². The van der Waals surface area contributed by atoms with E-state index < -0.39 is 5.91 Å². The highest BCUT2D eigenvalue weighted by Gasteiger charge is 2.14. The first-order valence-electron chi connectivity index (χ1n) is 7.98. The van der Waals surface area contributed by atoms with Crippen molar-refractivity contribution in [1.29, 1.82) is 0 Å². The largest absolute Gasteiger partial charge is 0.451 e. The van der Waals surface area contributed by atoms with Crippen molar-refractivity contribution in [2.24, 2.45) is 0 Å². The van der Waals surface area contributed by atoms with Crippen LogP contribution in [-0.2, 0) is 0 Å². The van der Waals surface area contributed by atoms with Crippen LogP contribution in [0.3, 0.4) is 0 Å². The van der Waals surface area contributed by atoms with Crippen LogP contribution in [0.5, 0.6) is 0 Å². The number of amides is 1. The Labute approximate surface area is 162 Å². The predicted octanol–water partition coefficient (Wildman–Crippen LogP) is 5.34. The third-order valence-electron chi connectivity index (χ3n) is 3.97. The number of thiocarbonyl (C=S) groups is 1. The van der Waals surface area contributed by atoms with Gasteiger partial charge >= 0.3 is 0 Å². The molecule has 3 rings (SSSR count). The Morgan fingerprint density at radius 3 is 2.54 bits per heavy atom. The van der Waals surface area contributed by atoms with Crippen molar-refractivity contribution in [3.05, 3.63) is 76.5 Å². The number of carbonyl (C=O) groups is 1. The van der Waals surface area contributed by atoms with Gasteiger partial charge in [-0.2, -0.15) is 0 Å². The van der Waals surface area contributed by atoms with Crippen LogP contribution in [0.15, 0.2) is 59.0 Å². The fourth-order valence-corrected chi connectivity index (χ4v) is 2.78. The molecular weight excluding hydrogens is 368 g/mol. The Kier molecular flexibility index (Phi) is 5.40. The summed E-state index contributed by atoms with van der Waals surface area (Å²) in [6, 6.07) is 16.5. The predicted molar refractivity (Wildman–Crippen MR) is 109 cm³/mol. The number of hydrogen-bond donors (Lipinski definition) is 2. The maximum atomic E-state index is 12.3. The van der Waals surface area contributed by atoms with Gasteiger partial charge in [0.1, 0.15) is 5.76 Å². The molecule has 0 aliphatic rings. The monoisotopic (exact) mass is 384 g/mol. The second-order valence-corrected chi connectivity index (χ2v) is 6.67. The number of halogens is 1. The molecular formula is C20H17ClN2O2S. The van der Waals surface area contributed by atoms with Crippen molar-refractivity contribution in [3.8, 4) is 11.3 Å². The summed E-state index contributed by atoms with van der Waals surface area (Å²) in [4.78, 5) is 12.3. The SMILES string of the molecule is Cc1ccc(-c2ccc(C(=O)NC(=S)Nc3ccccc3Cl)o2)cc1C. The molecule has 2 aromatic carbocycles. The number of benzene rings is 2. The molecule has 132 valence electrons. The Bertz CT molecular complexity index is 981. The van der Waals surface area contributed by atoms with E-state index in [2.05, 4.69) is 10.6 Å². The van der Waals surface area contributed by atoms with Crippen molar-refractivity contribution in [1.82, 2.24) is 5.32 Å². The topological polar surface area (TPSA) is 54.3 Å². The van der Waals surface area contributed by atoms with Crippen molar-refractivity contribution in [3.63, 3.8) is 0 Å². The van der Waals surface area contributed by atoms with Crippen molar-refractivity contribution < 1.29 is 9.21 Å². The standard InChI is InChI=1S/C20H17ClN2O2S/c1-12-7-8-14(11-13(12)2)17-9-10-18(25-17)19(24)23-20(26)22-16-6-4-3-5-15(16)21/h3-11H,1-2H3,(H2,22,23,24,26). The van der Waals surface area contributed by atoms with Crippen LogP contribution >= 0.6 is 23.8 Å². The summed E-state index contributed by atoms with van der Waals surface area (Å²) in [6.45, 7) is 4.08. The number of rotatable bonds is 3. The summed E-state index contributed by atoms with van der Waals surface area (Å²) < 4.78 is 5.68. The number of carbonyl (C=O) groups excluding carboxylic acids is 1. The highest BCUT2D eigenvalue weighted by Crippen LogP contribution is 2.24.